The van der Waals surface area contributed by atoms with E-state index in [0.29, 0.717) is 30.3 Å². The summed E-state index contributed by atoms with van der Waals surface area (Å²) in [4.78, 5) is 23.1. The minimum Gasteiger partial charge on any atom is -0.507 e. The van der Waals surface area contributed by atoms with Gasteiger partial charge in [0, 0.05) is 43.1 Å². The van der Waals surface area contributed by atoms with Gasteiger partial charge in [-0.25, -0.2) is 0 Å². The Morgan fingerprint density at radius 3 is 2.23 bits per heavy atom. The normalized spacial score (nSPS) is 12.7. The summed E-state index contributed by atoms with van der Waals surface area (Å²) in [5.74, 6) is -2.80. The van der Waals surface area contributed by atoms with Crippen molar-refractivity contribution >= 4 is 19.9 Å². The van der Waals surface area contributed by atoms with Crippen LogP contribution in [-0.4, -0.2) is 64.2 Å². The highest BCUT2D eigenvalue weighted by atomic mass is 16.8. The fraction of sp³-hybridized carbons (Fsp3) is 0.440. The van der Waals surface area contributed by atoms with E-state index in [1.807, 2.05) is 6.92 Å². The van der Waals surface area contributed by atoms with E-state index in [0.717, 1.165) is 7.11 Å². The first-order chi connectivity index (χ1) is 16.4. The number of aliphatic hydroxyl groups excluding tert-OH is 1. The van der Waals surface area contributed by atoms with Crippen molar-refractivity contribution in [2.24, 2.45) is 0 Å². The predicted molar refractivity (Wildman–Crippen MR) is 130 cm³/mol. The molecule has 190 valence electrons. The summed E-state index contributed by atoms with van der Waals surface area (Å²) < 4.78 is 10.6. The average molecular weight is 488 g/mol. The van der Waals surface area contributed by atoms with Crippen LogP contribution in [0.4, 0.5) is 0 Å². The molecule has 0 heterocycles. The highest BCUT2D eigenvalue weighted by Gasteiger charge is 2.30. The van der Waals surface area contributed by atoms with Crippen LogP contribution in [0.1, 0.15) is 70.9 Å². The zero-order chi connectivity index (χ0) is 26.8. The molecule has 35 heavy (non-hydrogen) atoms. The van der Waals surface area contributed by atoms with Crippen molar-refractivity contribution in [2.45, 2.75) is 64.5 Å². The number of hydrogen-bond donors (Lipinski definition) is 5. The summed E-state index contributed by atoms with van der Waals surface area (Å²) in [6.45, 7) is 5.00. The molecule has 0 bridgehead atoms. The number of Topliss-reactive ketones (excluding diaryl/α,β-unsaturated/α-hetero) is 1. The second kappa shape index (κ2) is 13.2. The van der Waals surface area contributed by atoms with Gasteiger partial charge < -0.3 is 35.0 Å². The molecule has 2 aromatic carbocycles. The lowest BCUT2D eigenvalue weighted by Crippen LogP contribution is -2.39. The van der Waals surface area contributed by atoms with Crippen molar-refractivity contribution in [3.8, 4) is 17.2 Å². The van der Waals surface area contributed by atoms with E-state index in [-0.39, 0.29) is 53.4 Å². The van der Waals surface area contributed by atoms with Crippen molar-refractivity contribution in [3.63, 3.8) is 0 Å². The third kappa shape index (κ3) is 8.67. The molecule has 2 radical (unpaired) electrons. The SMILES string of the molecule is CO.[B]C(O)(CCCC(O)(O)Oc1cccc(C=O)c1C)Oc1ccc(C(=O)CCC)c(O)c1C. The van der Waals surface area contributed by atoms with Crippen LogP contribution in [0.5, 0.6) is 17.2 Å². The number of rotatable bonds is 12. The van der Waals surface area contributed by atoms with Gasteiger partial charge >= 0.3 is 5.97 Å². The van der Waals surface area contributed by atoms with Crippen LogP contribution in [0, 0.1) is 13.8 Å². The van der Waals surface area contributed by atoms with Gasteiger partial charge in [-0.1, -0.05) is 19.1 Å². The number of hydrogen-bond acceptors (Lipinski definition) is 9. The molecule has 0 aliphatic rings. The van der Waals surface area contributed by atoms with E-state index in [2.05, 4.69) is 0 Å². The van der Waals surface area contributed by atoms with E-state index < -0.39 is 11.7 Å². The molecule has 1 unspecified atom stereocenters. The Kier molecular flexibility index (Phi) is 11.4. The Morgan fingerprint density at radius 2 is 1.63 bits per heavy atom. The summed E-state index contributed by atoms with van der Waals surface area (Å²) >= 11 is 0. The minimum atomic E-state index is -2.57. The maximum Gasteiger partial charge on any atom is 0.321 e. The second-order valence-electron chi connectivity index (χ2n) is 7.99. The molecule has 0 amide bonds. The van der Waals surface area contributed by atoms with Crippen molar-refractivity contribution in [1.29, 1.82) is 0 Å². The zero-order valence-corrected chi connectivity index (χ0v) is 20.4. The molecule has 0 fully saturated rings. The molecule has 0 aromatic heterocycles. The third-order valence-electron chi connectivity index (χ3n) is 5.21. The number of phenols is 1. The molecule has 0 saturated heterocycles. The topological polar surface area (TPSA) is 154 Å². The molecule has 0 aliphatic carbocycles. The number of ketones is 1. The molecule has 2 aromatic rings. The smallest absolute Gasteiger partial charge is 0.321 e. The van der Waals surface area contributed by atoms with E-state index in [4.69, 9.17) is 22.4 Å². The number of ether oxygens (including phenoxy) is 2. The number of carbonyl (C=O) groups is 2. The molecular weight excluding hydrogens is 455 g/mol. The van der Waals surface area contributed by atoms with Crippen LogP contribution in [0.25, 0.3) is 0 Å². The molecular formula is C25H33BO9. The van der Waals surface area contributed by atoms with E-state index >= 15 is 0 Å². The molecule has 0 spiro atoms. The summed E-state index contributed by atoms with van der Waals surface area (Å²) in [5, 5.41) is 48.1. The molecule has 2 rings (SSSR count). The van der Waals surface area contributed by atoms with Crippen molar-refractivity contribution in [2.75, 3.05) is 7.11 Å². The van der Waals surface area contributed by atoms with Gasteiger partial charge in [0.25, 0.3) is 0 Å². The molecule has 10 heteroatoms. The highest BCUT2D eigenvalue weighted by molar-refractivity contribution is 6.13. The Balaban J connectivity index is 0.00000298. The summed E-state index contributed by atoms with van der Waals surface area (Å²) in [6.07, 6.45) is 1.03. The maximum atomic E-state index is 12.1. The van der Waals surface area contributed by atoms with Crippen LogP contribution in [0.3, 0.4) is 0 Å². The molecule has 9 nitrogen and oxygen atoms in total. The standard InChI is InChI=1S/C24H29BO8.CH4O/c1-4-7-19(27)18-10-11-21(16(3)22(18)28)32-23(25,29)12-6-13-24(30,31)33-20-9-5-8-17(14-26)15(20)2;1-2/h5,8-11,14,28-31H,4,6-7,12-13H2,1-3H3;2H,1H3. The lowest BCUT2D eigenvalue weighted by Gasteiger charge is -2.29. The number of aliphatic hydroxyl groups is 4. The lowest BCUT2D eigenvalue weighted by atomic mass is 9.88. The molecule has 0 saturated carbocycles. The van der Waals surface area contributed by atoms with Gasteiger partial charge in [-0.15, -0.1) is 0 Å². The van der Waals surface area contributed by atoms with Gasteiger partial charge in [0.1, 0.15) is 23.5 Å². The van der Waals surface area contributed by atoms with Crippen LogP contribution >= 0.6 is 0 Å². The molecule has 1 atom stereocenters. The number of carbonyl (C=O) groups excluding carboxylic acids is 2. The van der Waals surface area contributed by atoms with Crippen LogP contribution < -0.4 is 9.47 Å². The lowest BCUT2D eigenvalue weighted by molar-refractivity contribution is -0.296. The maximum absolute atomic E-state index is 12.1. The molecule has 5 N–H and O–H groups in total. The number of phenolic OH excluding ortho intramolecular Hbond substituents is 1. The third-order valence-corrected chi connectivity index (χ3v) is 5.21. The van der Waals surface area contributed by atoms with Gasteiger partial charge in [-0.3, -0.25) is 9.59 Å². The second-order valence-corrected chi connectivity index (χ2v) is 7.99. The Hall–Kier alpha value is -2.92. The van der Waals surface area contributed by atoms with E-state index in [9.17, 15) is 30.0 Å². The van der Waals surface area contributed by atoms with Crippen molar-refractivity contribution < 1.29 is 44.6 Å². The number of aromatic hydroxyl groups is 1. The van der Waals surface area contributed by atoms with Gasteiger partial charge in [0.2, 0.25) is 0 Å². The zero-order valence-electron chi connectivity index (χ0n) is 20.4. The van der Waals surface area contributed by atoms with Gasteiger partial charge in [-0.2, -0.15) is 0 Å². The average Bonchev–Trinajstić information content (AvgIpc) is 2.79. The highest BCUT2D eigenvalue weighted by Crippen LogP contribution is 2.34. The summed E-state index contributed by atoms with van der Waals surface area (Å²) in [7, 11) is 6.80. The minimum absolute atomic E-state index is 0.00941. The Morgan fingerprint density at radius 1 is 1.00 bits per heavy atom. The van der Waals surface area contributed by atoms with Crippen LogP contribution in [0.15, 0.2) is 30.3 Å². The van der Waals surface area contributed by atoms with Crippen LogP contribution in [-0.2, 0) is 0 Å². The number of aldehydes is 1. The largest absolute Gasteiger partial charge is 0.507 e. The monoisotopic (exact) mass is 488 g/mol. The number of benzene rings is 2. The van der Waals surface area contributed by atoms with Crippen LogP contribution in [0.2, 0.25) is 0 Å². The van der Waals surface area contributed by atoms with Gasteiger partial charge in [-0.05, 0) is 44.9 Å². The Bertz CT molecular complexity index is 1000. The first-order valence-corrected chi connectivity index (χ1v) is 11.1. The summed E-state index contributed by atoms with van der Waals surface area (Å²) in [5.41, 5.74) is -0.967. The quantitative estimate of drug-likeness (QED) is 0.131. The predicted octanol–water partition coefficient (Wildman–Crippen LogP) is 2.49. The Labute approximate surface area is 206 Å². The summed E-state index contributed by atoms with van der Waals surface area (Å²) in [6, 6.07) is 7.46. The first-order valence-electron chi connectivity index (χ1n) is 11.1. The van der Waals surface area contributed by atoms with E-state index in [1.54, 1.807) is 19.1 Å². The van der Waals surface area contributed by atoms with Gasteiger partial charge in [0.05, 0.1) is 5.56 Å². The van der Waals surface area contributed by atoms with Crippen molar-refractivity contribution in [1.82, 2.24) is 0 Å². The van der Waals surface area contributed by atoms with Gasteiger partial charge in [0.15, 0.2) is 19.3 Å². The fourth-order valence-corrected chi connectivity index (χ4v) is 3.29. The first kappa shape index (κ1) is 30.1. The fourth-order valence-electron chi connectivity index (χ4n) is 3.29. The molecule has 0 aliphatic heterocycles. The van der Waals surface area contributed by atoms with Crippen molar-refractivity contribution in [3.05, 3.63) is 52.6 Å². The van der Waals surface area contributed by atoms with E-state index in [1.165, 1.54) is 25.1 Å².